The Bertz CT molecular complexity index is 433. The summed E-state index contributed by atoms with van der Waals surface area (Å²) in [4.78, 5) is 15.7. The molecule has 1 heterocycles. The number of benzene rings is 1. The molecule has 1 aliphatic heterocycles. The van der Waals surface area contributed by atoms with Gasteiger partial charge in [-0.3, -0.25) is 4.79 Å². The Morgan fingerprint density at radius 2 is 2.06 bits per heavy atom. The number of carbonyl (C=O) groups is 1. The van der Waals surface area contributed by atoms with Crippen LogP contribution in [0.25, 0.3) is 0 Å². The van der Waals surface area contributed by atoms with Crippen LogP contribution in [0.15, 0.2) is 18.2 Å². The number of carbonyl (C=O) groups excluding carboxylic acids is 1. The highest BCUT2D eigenvalue weighted by Gasteiger charge is 2.19. The smallest absolute Gasteiger partial charge is 0.241 e. The Hall–Kier alpha value is -1.22. The van der Waals surface area contributed by atoms with Crippen LogP contribution in [-0.2, 0) is 4.79 Å². The van der Waals surface area contributed by atoms with Crippen molar-refractivity contribution >= 4 is 23.2 Å². The molecule has 0 aromatic heterocycles. The van der Waals surface area contributed by atoms with Gasteiger partial charge in [-0.05, 0) is 31.0 Å². The third-order valence-corrected chi connectivity index (χ3v) is 3.60. The molecule has 2 rings (SSSR count). The van der Waals surface area contributed by atoms with Crippen molar-refractivity contribution in [3.63, 3.8) is 0 Å². The van der Waals surface area contributed by atoms with Crippen LogP contribution < -0.4 is 4.90 Å². The summed E-state index contributed by atoms with van der Waals surface area (Å²) >= 11 is 6.12. The van der Waals surface area contributed by atoms with Gasteiger partial charge in [0.05, 0.1) is 6.54 Å². The van der Waals surface area contributed by atoms with Crippen molar-refractivity contribution in [1.29, 1.82) is 0 Å². The van der Waals surface area contributed by atoms with Gasteiger partial charge < -0.3 is 9.80 Å². The predicted molar refractivity (Wildman–Crippen MR) is 70.7 cm³/mol. The fraction of sp³-hybridized carbons (Fsp3) is 0.462. The van der Waals surface area contributed by atoms with E-state index in [9.17, 15) is 4.79 Å². The van der Waals surface area contributed by atoms with Crippen molar-refractivity contribution in [2.75, 3.05) is 31.6 Å². The van der Waals surface area contributed by atoms with Gasteiger partial charge in [0.25, 0.3) is 0 Å². The van der Waals surface area contributed by atoms with Crippen LogP contribution in [0.5, 0.6) is 0 Å². The lowest BCUT2D eigenvalue weighted by Crippen LogP contribution is -2.34. The Morgan fingerprint density at radius 3 is 2.76 bits per heavy atom. The van der Waals surface area contributed by atoms with E-state index in [1.165, 1.54) is 0 Å². The van der Waals surface area contributed by atoms with Crippen LogP contribution in [0.3, 0.4) is 0 Å². The molecule has 0 spiro atoms. The predicted octanol–water partition coefficient (Wildman–Crippen LogP) is 2.32. The van der Waals surface area contributed by atoms with E-state index in [0.717, 1.165) is 35.8 Å². The molecule has 1 aromatic carbocycles. The monoisotopic (exact) mass is 252 g/mol. The van der Waals surface area contributed by atoms with Gasteiger partial charge in [-0.25, -0.2) is 0 Å². The van der Waals surface area contributed by atoms with Gasteiger partial charge in [0.1, 0.15) is 0 Å². The number of likely N-dealkylation sites (N-methyl/N-ethyl adjacent to an activating group) is 1. The molecule has 0 N–H and O–H groups in total. The van der Waals surface area contributed by atoms with E-state index in [1.54, 1.807) is 4.90 Å². The maximum Gasteiger partial charge on any atom is 0.241 e. The minimum Gasteiger partial charge on any atom is -0.362 e. The molecule has 1 amide bonds. The van der Waals surface area contributed by atoms with E-state index >= 15 is 0 Å². The highest BCUT2D eigenvalue weighted by atomic mass is 35.5. The first-order valence-electron chi connectivity index (χ1n) is 5.83. The summed E-state index contributed by atoms with van der Waals surface area (Å²) in [6, 6.07) is 5.96. The SMILES string of the molecule is Cc1ccc(N2CCCN(C)C(=O)C2)cc1Cl. The first kappa shape index (κ1) is 12.2. The van der Waals surface area contributed by atoms with Gasteiger partial charge in [0.2, 0.25) is 5.91 Å². The summed E-state index contributed by atoms with van der Waals surface area (Å²) in [5.41, 5.74) is 2.10. The van der Waals surface area contributed by atoms with E-state index in [1.807, 2.05) is 32.2 Å². The zero-order valence-corrected chi connectivity index (χ0v) is 11.0. The molecule has 0 unspecified atom stereocenters. The molecule has 0 saturated carbocycles. The topological polar surface area (TPSA) is 23.6 Å². The molecule has 0 atom stereocenters. The largest absolute Gasteiger partial charge is 0.362 e. The van der Waals surface area contributed by atoms with E-state index in [0.29, 0.717) is 6.54 Å². The van der Waals surface area contributed by atoms with Gasteiger partial charge in [0, 0.05) is 30.8 Å². The molecular formula is C13H17ClN2O. The van der Waals surface area contributed by atoms with Gasteiger partial charge >= 0.3 is 0 Å². The number of rotatable bonds is 1. The maximum atomic E-state index is 11.8. The highest BCUT2D eigenvalue weighted by Crippen LogP contribution is 2.24. The second kappa shape index (κ2) is 4.96. The van der Waals surface area contributed by atoms with Crippen LogP contribution in [0.2, 0.25) is 5.02 Å². The van der Waals surface area contributed by atoms with Crippen LogP contribution in [0, 0.1) is 6.92 Å². The average molecular weight is 253 g/mol. The lowest BCUT2D eigenvalue weighted by Gasteiger charge is -2.22. The first-order valence-corrected chi connectivity index (χ1v) is 6.21. The van der Waals surface area contributed by atoms with Crippen molar-refractivity contribution in [2.24, 2.45) is 0 Å². The van der Waals surface area contributed by atoms with Crippen LogP contribution in [0.1, 0.15) is 12.0 Å². The molecule has 1 aromatic rings. The molecule has 92 valence electrons. The maximum absolute atomic E-state index is 11.8. The highest BCUT2D eigenvalue weighted by molar-refractivity contribution is 6.31. The van der Waals surface area contributed by atoms with Gasteiger partial charge in [-0.2, -0.15) is 0 Å². The van der Waals surface area contributed by atoms with Crippen molar-refractivity contribution in [3.8, 4) is 0 Å². The Kier molecular flexibility index (Phi) is 3.57. The normalized spacial score (nSPS) is 17.2. The lowest BCUT2D eigenvalue weighted by molar-refractivity contribution is -0.127. The fourth-order valence-corrected chi connectivity index (χ4v) is 2.16. The number of aryl methyl sites for hydroxylation is 1. The second-order valence-electron chi connectivity index (χ2n) is 4.52. The lowest BCUT2D eigenvalue weighted by atomic mass is 10.2. The van der Waals surface area contributed by atoms with Crippen LogP contribution in [0.4, 0.5) is 5.69 Å². The van der Waals surface area contributed by atoms with Gasteiger partial charge in [-0.1, -0.05) is 17.7 Å². The summed E-state index contributed by atoms with van der Waals surface area (Å²) in [5.74, 6) is 0.166. The number of amides is 1. The van der Waals surface area contributed by atoms with E-state index in [4.69, 9.17) is 11.6 Å². The standard InChI is InChI=1S/C13H17ClN2O/c1-10-4-5-11(8-12(10)14)16-7-3-6-15(2)13(17)9-16/h4-5,8H,3,6-7,9H2,1-2H3. The molecule has 4 heteroatoms. The first-order chi connectivity index (χ1) is 8.08. The molecule has 3 nitrogen and oxygen atoms in total. The second-order valence-corrected chi connectivity index (χ2v) is 4.93. The van der Waals surface area contributed by atoms with Crippen LogP contribution >= 0.6 is 11.6 Å². The third-order valence-electron chi connectivity index (χ3n) is 3.19. The molecule has 0 aliphatic carbocycles. The van der Waals surface area contributed by atoms with Crippen LogP contribution in [-0.4, -0.2) is 37.5 Å². The molecular weight excluding hydrogens is 236 g/mol. The molecule has 0 radical (unpaired) electrons. The van der Waals surface area contributed by atoms with Crippen molar-refractivity contribution in [2.45, 2.75) is 13.3 Å². The van der Waals surface area contributed by atoms with Crippen molar-refractivity contribution in [1.82, 2.24) is 4.90 Å². The molecule has 0 bridgehead atoms. The number of hydrogen-bond donors (Lipinski definition) is 0. The zero-order chi connectivity index (χ0) is 12.4. The summed E-state index contributed by atoms with van der Waals surface area (Å²) in [7, 11) is 1.86. The van der Waals surface area contributed by atoms with E-state index in [-0.39, 0.29) is 5.91 Å². The minimum absolute atomic E-state index is 0.166. The minimum atomic E-state index is 0.166. The molecule has 1 aliphatic rings. The molecule has 1 fully saturated rings. The Morgan fingerprint density at radius 1 is 1.29 bits per heavy atom. The summed E-state index contributed by atoms with van der Waals surface area (Å²) in [5, 5.41) is 0.757. The summed E-state index contributed by atoms with van der Waals surface area (Å²) < 4.78 is 0. The Labute approximate surface area is 107 Å². The van der Waals surface area contributed by atoms with E-state index < -0.39 is 0 Å². The number of anilines is 1. The summed E-state index contributed by atoms with van der Waals surface area (Å²) in [6.07, 6.45) is 0.994. The molecule has 17 heavy (non-hydrogen) atoms. The summed E-state index contributed by atoms with van der Waals surface area (Å²) in [6.45, 7) is 4.15. The fourth-order valence-electron chi connectivity index (χ4n) is 1.99. The number of nitrogens with zero attached hydrogens (tertiary/aromatic N) is 2. The van der Waals surface area contributed by atoms with E-state index in [2.05, 4.69) is 4.90 Å². The molecule has 1 saturated heterocycles. The van der Waals surface area contributed by atoms with Crippen molar-refractivity contribution < 1.29 is 4.79 Å². The Balaban J connectivity index is 2.21. The quantitative estimate of drug-likeness (QED) is 0.766. The number of hydrogen-bond acceptors (Lipinski definition) is 2. The number of halogens is 1. The van der Waals surface area contributed by atoms with Crippen molar-refractivity contribution in [3.05, 3.63) is 28.8 Å². The van der Waals surface area contributed by atoms with Gasteiger partial charge in [-0.15, -0.1) is 0 Å². The van der Waals surface area contributed by atoms with Gasteiger partial charge in [0.15, 0.2) is 0 Å². The zero-order valence-electron chi connectivity index (χ0n) is 10.2. The third kappa shape index (κ3) is 2.72. The average Bonchev–Trinajstić information content (AvgIpc) is 2.46.